The van der Waals surface area contributed by atoms with Crippen LogP contribution in [0.2, 0.25) is 5.02 Å². The summed E-state index contributed by atoms with van der Waals surface area (Å²) in [5.41, 5.74) is 1.24. The first-order valence-corrected chi connectivity index (χ1v) is 23.1. The Morgan fingerprint density at radius 3 is 2.48 bits per heavy atom. The van der Waals surface area contributed by atoms with E-state index >= 15 is 13.2 Å². The molecular formula is C48H49Cl2F3N8O5. The van der Waals surface area contributed by atoms with E-state index in [0.29, 0.717) is 29.9 Å². The van der Waals surface area contributed by atoms with Crippen molar-refractivity contribution < 1.29 is 37.1 Å². The van der Waals surface area contributed by atoms with E-state index in [1.807, 2.05) is 4.90 Å². The van der Waals surface area contributed by atoms with Gasteiger partial charge in [-0.1, -0.05) is 61.2 Å². The van der Waals surface area contributed by atoms with E-state index in [1.165, 1.54) is 40.4 Å². The number of piperidine rings is 2. The molecule has 0 radical (unpaired) electrons. The number of hydrogen-bond acceptors (Lipinski definition) is 10. The summed E-state index contributed by atoms with van der Waals surface area (Å²) < 4.78 is 53.6. The maximum Gasteiger partial charge on any atom is 0.265 e. The van der Waals surface area contributed by atoms with Crippen LogP contribution in [0.3, 0.4) is 0 Å². The van der Waals surface area contributed by atoms with E-state index < -0.39 is 41.3 Å². The standard InChI is InChI=1S/C48H49Cl2F3N8O5/c1-28(49)47(64)60-20-19-59(26-31(60)12-15-54)45-34-23-35(50)41(43(53)44(34)55-27-56-45)42-36(51)8-7-9-39(42)66-21-6-4-2-3-5-16-58-17-13-29(14-18-58)32-22-30-25-61(48(65)33(30)24-37(32)52)38-10-11-40(62)57-46(38)63/h7-9,22-24,27,29,31,38H,1-6,10-14,16-21,25-26H2,(H,57,62,63)/t31-,38?/m1/s1. The fraction of sp³-hybridized carbons (Fsp3) is 0.438. The second-order valence-corrected chi connectivity index (χ2v) is 18.1. The molecule has 0 bridgehead atoms. The third-order valence-corrected chi connectivity index (χ3v) is 13.6. The van der Waals surface area contributed by atoms with Crippen molar-refractivity contribution in [3.05, 3.63) is 93.5 Å². The number of fused-ring (bicyclic) bond motifs is 2. The molecule has 13 nitrogen and oxygen atoms in total. The van der Waals surface area contributed by atoms with Gasteiger partial charge in [0, 0.05) is 49.1 Å². The highest BCUT2D eigenvalue weighted by Crippen LogP contribution is 2.43. The summed E-state index contributed by atoms with van der Waals surface area (Å²) in [6.45, 7) is 7.35. The number of ether oxygens (including phenoxy) is 1. The van der Waals surface area contributed by atoms with Crippen molar-refractivity contribution in [2.45, 2.75) is 88.8 Å². The summed E-state index contributed by atoms with van der Waals surface area (Å²) >= 11 is 12.6. The highest BCUT2D eigenvalue weighted by Gasteiger charge is 2.40. The molecule has 5 heterocycles. The Bertz CT molecular complexity index is 2620. The molecule has 3 saturated heterocycles. The van der Waals surface area contributed by atoms with Gasteiger partial charge in [-0.25, -0.2) is 23.1 Å². The summed E-state index contributed by atoms with van der Waals surface area (Å²) in [7, 11) is 0. The van der Waals surface area contributed by atoms with Gasteiger partial charge in [0.15, 0.2) is 5.82 Å². The van der Waals surface area contributed by atoms with Crippen LogP contribution >= 0.6 is 23.2 Å². The number of nitrogens with zero attached hydrogens (tertiary/aromatic N) is 7. The van der Waals surface area contributed by atoms with Crippen molar-refractivity contribution >= 4 is 63.6 Å². The third-order valence-electron chi connectivity index (χ3n) is 13.2. The molecule has 18 heteroatoms. The van der Waals surface area contributed by atoms with Gasteiger partial charge in [0.05, 0.1) is 40.8 Å². The predicted octanol–water partition coefficient (Wildman–Crippen LogP) is 8.02. The lowest BCUT2D eigenvalue weighted by Gasteiger charge is -2.41. The van der Waals surface area contributed by atoms with Crippen molar-refractivity contribution in [2.24, 2.45) is 0 Å². The molecule has 0 saturated carbocycles. The van der Waals surface area contributed by atoms with E-state index in [4.69, 9.17) is 27.9 Å². The zero-order valence-electron chi connectivity index (χ0n) is 36.3. The number of halogens is 5. The fourth-order valence-corrected chi connectivity index (χ4v) is 10.1. The quantitative estimate of drug-likeness (QED) is 0.0705. The number of amides is 4. The fourth-order valence-electron chi connectivity index (χ4n) is 9.75. The third kappa shape index (κ3) is 9.70. The van der Waals surface area contributed by atoms with Crippen LogP contribution in [0, 0.1) is 28.8 Å². The van der Waals surface area contributed by atoms with Crippen molar-refractivity contribution in [1.82, 2.24) is 30.0 Å². The first-order chi connectivity index (χ1) is 31.8. The number of nitriles is 1. The van der Waals surface area contributed by atoms with Crippen LogP contribution in [0.25, 0.3) is 22.0 Å². The number of likely N-dealkylation sites (tertiary alicyclic amines) is 1. The summed E-state index contributed by atoms with van der Waals surface area (Å²) in [6.07, 6.45) is 7.77. The van der Waals surface area contributed by atoms with Crippen LogP contribution in [0.15, 0.2) is 54.3 Å². The number of unbranched alkanes of at least 4 members (excludes halogenated alkanes) is 4. The van der Waals surface area contributed by atoms with Gasteiger partial charge < -0.3 is 24.3 Å². The van der Waals surface area contributed by atoms with Crippen molar-refractivity contribution in [3.63, 3.8) is 0 Å². The molecule has 4 aromatic rings. The smallest absolute Gasteiger partial charge is 0.265 e. The largest absolute Gasteiger partial charge is 0.493 e. The van der Waals surface area contributed by atoms with Gasteiger partial charge >= 0.3 is 0 Å². The minimum absolute atomic E-state index is 0.0278. The molecule has 8 rings (SSSR count). The van der Waals surface area contributed by atoms with Gasteiger partial charge in [-0.05, 0) is 93.0 Å². The number of carbonyl (C=O) groups excluding carboxylic acids is 4. The first kappa shape index (κ1) is 46.8. The van der Waals surface area contributed by atoms with Crippen molar-refractivity contribution in [2.75, 3.05) is 50.8 Å². The maximum atomic E-state index is 16.5. The SMILES string of the molecule is C=C(Cl)C(=O)N1CCN(c2ncnc3c(F)c(-c4c(F)cccc4OCCCCCCCN4CCC(c5cc6c(cc5F)C(=O)N(C5CCC(=O)NC5=O)C6)CC4)c(Cl)cc23)C[C@H]1CC#N. The lowest BCUT2D eigenvalue weighted by atomic mass is 9.87. The number of nitrogens with one attached hydrogen (secondary N) is 1. The van der Waals surface area contributed by atoms with Crippen LogP contribution in [-0.4, -0.2) is 106 Å². The van der Waals surface area contributed by atoms with Gasteiger partial charge in [-0.3, -0.25) is 24.5 Å². The number of anilines is 1. The van der Waals surface area contributed by atoms with Gasteiger partial charge in [0.1, 0.15) is 41.1 Å². The number of benzene rings is 3. The van der Waals surface area contributed by atoms with Gasteiger partial charge in [-0.2, -0.15) is 5.26 Å². The normalized spacial score (nSPS) is 19.3. The molecule has 1 aromatic heterocycles. The highest BCUT2D eigenvalue weighted by molar-refractivity contribution is 6.41. The molecule has 346 valence electrons. The zero-order chi connectivity index (χ0) is 46.6. The highest BCUT2D eigenvalue weighted by atomic mass is 35.5. The molecule has 4 aliphatic heterocycles. The number of imide groups is 1. The van der Waals surface area contributed by atoms with Crippen molar-refractivity contribution in [1.29, 1.82) is 5.26 Å². The molecule has 3 fully saturated rings. The van der Waals surface area contributed by atoms with Crippen LogP contribution in [-0.2, 0) is 20.9 Å². The van der Waals surface area contributed by atoms with Crippen LogP contribution in [0.1, 0.15) is 91.6 Å². The van der Waals surface area contributed by atoms with Crippen LogP contribution < -0.4 is 15.0 Å². The molecule has 3 aromatic carbocycles. The Balaban J connectivity index is 0.806. The Hall–Kier alpha value is -5.76. The number of hydrogen-bond donors (Lipinski definition) is 1. The monoisotopic (exact) mass is 944 g/mol. The Labute approximate surface area is 390 Å². The average Bonchev–Trinajstić information content (AvgIpc) is 3.61. The Morgan fingerprint density at radius 1 is 0.955 bits per heavy atom. The lowest BCUT2D eigenvalue weighted by molar-refractivity contribution is -0.137. The second kappa shape index (κ2) is 20.4. The molecule has 0 aliphatic carbocycles. The molecule has 2 atom stereocenters. The summed E-state index contributed by atoms with van der Waals surface area (Å²) in [5.74, 6) is -3.11. The minimum Gasteiger partial charge on any atom is -0.493 e. The van der Waals surface area contributed by atoms with Crippen molar-refractivity contribution in [3.8, 4) is 22.9 Å². The summed E-state index contributed by atoms with van der Waals surface area (Å²) in [5, 5.41) is 11.8. The van der Waals surface area contributed by atoms with E-state index in [9.17, 15) is 24.4 Å². The van der Waals surface area contributed by atoms with E-state index in [-0.39, 0.29) is 107 Å². The zero-order valence-corrected chi connectivity index (χ0v) is 37.8. The Morgan fingerprint density at radius 2 is 1.73 bits per heavy atom. The topological polar surface area (TPSA) is 152 Å². The van der Waals surface area contributed by atoms with E-state index in [0.717, 1.165) is 58.2 Å². The van der Waals surface area contributed by atoms with Gasteiger partial charge in [0.25, 0.3) is 11.8 Å². The molecular weight excluding hydrogens is 896 g/mol. The Kier molecular flexibility index (Phi) is 14.5. The molecule has 1 N–H and O–H groups in total. The first-order valence-electron chi connectivity index (χ1n) is 22.4. The predicted molar refractivity (Wildman–Crippen MR) is 242 cm³/mol. The minimum atomic E-state index is -0.839. The molecule has 0 spiro atoms. The molecule has 1 unspecified atom stereocenters. The average molecular weight is 946 g/mol. The van der Waals surface area contributed by atoms with Gasteiger partial charge in [-0.15, -0.1) is 0 Å². The number of aromatic nitrogens is 2. The molecule has 4 amide bonds. The molecule has 66 heavy (non-hydrogen) atoms. The van der Waals surface area contributed by atoms with Crippen LogP contribution in [0.5, 0.6) is 5.75 Å². The maximum absolute atomic E-state index is 16.5. The van der Waals surface area contributed by atoms with E-state index in [1.54, 1.807) is 12.1 Å². The van der Waals surface area contributed by atoms with Crippen LogP contribution in [0.4, 0.5) is 19.0 Å². The summed E-state index contributed by atoms with van der Waals surface area (Å²) in [6, 6.07) is 9.74. The van der Waals surface area contributed by atoms with E-state index in [2.05, 4.69) is 32.8 Å². The molecule has 4 aliphatic rings. The second-order valence-electron chi connectivity index (χ2n) is 17.3. The van der Waals surface area contributed by atoms with Gasteiger partial charge in [0.2, 0.25) is 11.8 Å². The number of piperazine rings is 1. The lowest BCUT2D eigenvalue weighted by Crippen LogP contribution is -2.55. The number of rotatable bonds is 15. The number of carbonyl (C=O) groups is 4. The summed E-state index contributed by atoms with van der Waals surface area (Å²) in [4.78, 5) is 65.6.